The largest absolute Gasteiger partial charge is 0.381 e. The average Bonchev–Trinajstić information content (AvgIpc) is 2.30. The van der Waals surface area contributed by atoms with Crippen LogP contribution < -0.4 is 5.73 Å². The van der Waals surface area contributed by atoms with E-state index in [-0.39, 0.29) is 17.1 Å². The summed E-state index contributed by atoms with van der Waals surface area (Å²) in [6.45, 7) is 0. The first-order valence-corrected chi connectivity index (χ1v) is 2.48. The minimum absolute atomic E-state index is 0.0598. The highest BCUT2D eigenvalue weighted by atomic mass is 16.1. The van der Waals surface area contributed by atoms with Gasteiger partial charge in [-0.3, -0.25) is 9.89 Å². The highest BCUT2D eigenvalue weighted by Gasteiger charge is 2.07. The molecule has 0 aliphatic rings. The Morgan fingerprint density at radius 2 is 2.50 bits per heavy atom. The van der Waals surface area contributed by atoms with E-state index in [9.17, 15) is 4.79 Å². The van der Waals surface area contributed by atoms with Crippen molar-refractivity contribution in [1.82, 2.24) is 10.2 Å². The van der Waals surface area contributed by atoms with Crippen molar-refractivity contribution in [2.24, 2.45) is 0 Å². The molecule has 1 aromatic rings. The molecule has 0 bridgehead atoms. The van der Waals surface area contributed by atoms with Crippen LogP contribution in [-0.2, 0) is 0 Å². The maximum absolute atomic E-state index is 10.1. The monoisotopic (exact) mass is 136 g/mol. The normalized spacial score (nSPS) is 8.70. The molecule has 0 fully saturated rings. The molecule has 5 heteroatoms. The average molecular weight is 136 g/mol. The molecule has 0 saturated heterocycles. The zero-order chi connectivity index (χ0) is 7.56. The summed E-state index contributed by atoms with van der Waals surface area (Å²) in [4.78, 5) is 10.1. The lowest BCUT2D eigenvalue weighted by Gasteiger charge is -1.80. The maximum atomic E-state index is 10.1. The topological polar surface area (TPSA) is 95.6 Å². The van der Waals surface area contributed by atoms with Gasteiger partial charge in [0.2, 0.25) is 0 Å². The van der Waals surface area contributed by atoms with Gasteiger partial charge < -0.3 is 5.73 Å². The third kappa shape index (κ3) is 0.717. The summed E-state index contributed by atoms with van der Waals surface area (Å²) in [5.41, 5.74) is 5.44. The number of rotatable bonds is 1. The number of aromatic amines is 1. The summed E-state index contributed by atoms with van der Waals surface area (Å²) < 4.78 is 0. The van der Waals surface area contributed by atoms with Gasteiger partial charge in [-0.2, -0.15) is 10.4 Å². The van der Waals surface area contributed by atoms with Crippen LogP contribution in [-0.4, -0.2) is 16.5 Å². The second-order valence-corrected chi connectivity index (χ2v) is 1.63. The van der Waals surface area contributed by atoms with Crippen LogP contribution in [0.15, 0.2) is 0 Å². The number of anilines is 1. The van der Waals surface area contributed by atoms with Gasteiger partial charge in [-0.15, -0.1) is 0 Å². The van der Waals surface area contributed by atoms with Crippen molar-refractivity contribution in [3.05, 3.63) is 11.3 Å². The Bertz CT molecular complexity index is 295. The Kier molecular flexibility index (Phi) is 1.38. The van der Waals surface area contributed by atoms with Gasteiger partial charge in [0, 0.05) is 0 Å². The molecule has 1 rings (SSSR count). The fourth-order valence-electron chi connectivity index (χ4n) is 0.573. The number of hydrogen-bond donors (Lipinski definition) is 2. The van der Waals surface area contributed by atoms with Gasteiger partial charge in [-0.25, -0.2) is 0 Å². The lowest BCUT2D eigenvalue weighted by atomic mass is 10.3. The first-order chi connectivity index (χ1) is 4.79. The number of aldehydes is 1. The predicted molar refractivity (Wildman–Crippen MR) is 33.1 cm³/mol. The number of aromatic nitrogens is 2. The minimum Gasteiger partial charge on any atom is -0.381 e. The standard InChI is InChI=1S/C5H4N4O/c6-1-3-4(2-10)8-9-5(3)7/h2H,(H3,7,8,9). The summed E-state index contributed by atoms with van der Waals surface area (Å²) in [7, 11) is 0. The van der Waals surface area contributed by atoms with Crippen LogP contribution in [0.1, 0.15) is 16.1 Å². The quantitative estimate of drug-likeness (QED) is 0.517. The van der Waals surface area contributed by atoms with Crippen LogP contribution in [0.3, 0.4) is 0 Å². The second-order valence-electron chi connectivity index (χ2n) is 1.63. The molecule has 50 valence electrons. The summed E-state index contributed by atoms with van der Waals surface area (Å²) >= 11 is 0. The van der Waals surface area contributed by atoms with E-state index in [1.807, 2.05) is 0 Å². The molecular weight excluding hydrogens is 132 g/mol. The molecule has 0 atom stereocenters. The van der Waals surface area contributed by atoms with Gasteiger partial charge in [0.05, 0.1) is 0 Å². The number of nitrogens with zero attached hydrogens (tertiary/aromatic N) is 2. The lowest BCUT2D eigenvalue weighted by molar-refractivity contribution is 0.111. The SMILES string of the molecule is N#Cc1c(N)n[nH]c1C=O. The Labute approximate surface area is 56.5 Å². The molecule has 1 aromatic heterocycles. The fraction of sp³-hybridized carbons (Fsp3) is 0. The number of carbonyl (C=O) groups excluding carboxylic acids is 1. The van der Waals surface area contributed by atoms with Gasteiger partial charge in [0.25, 0.3) is 0 Å². The van der Waals surface area contributed by atoms with E-state index in [0.29, 0.717) is 6.29 Å². The Balaban J connectivity index is 3.29. The molecule has 1 heterocycles. The Morgan fingerprint density at radius 3 is 2.90 bits per heavy atom. The number of nitrogens with two attached hydrogens (primary N) is 1. The third-order valence-electron chi connectivity index (χ3n) is 1.05. The molecule has 0 saturated carbocycles. The molecule has 10 heavy (non-hydrogen) atoms. The first-order valence-electron chi connectivity index (χ1n) is 2.48. The van der Waals surface area contributed by atoms with Crippen LogP contribution in [0.25, 0.3) is 0 Å². The molecular formula is C5H4N4O. The molecule has 0 aliphatic heterocycles. The Morgan fingerprint density at radius 1 is 1.80 bits per heavy atom. The summed E-state index contributed by atoms with van der Waals surface area (Å²) in [5.74, 6) is 0.0598. The van der Waals surface area contributed by atoms with E-state index >= 15 is 0 Å². The van der Waals surface area contributed by atoms with Crippen LogP contribution in [0.4, 0.5) is 5.82 Å². The lowest BCUT2D eigenvalue weighted by Crippen LogP contribution is -1.88. The summed E-state index contributed by atoms with van der Waals surface area (Å²) in [6, 6.07) is 1.74. The smallest absolute Gasteiger partial charge is 0.169 e. The van der Waals surface area contributed by atoms with Crippen molar-refractivity contribution < 1.29 is 4.79 Å². The number of carbonyl (C=O) groups is 1. The molecule has 0 unspecified atom stereocenters. The van der Waals surface area contributed by atoms with Gasteiger partial charge in [0.15, 0.2) is 12.1 Å². The highest BCUT2D eigenvalue weighted by Crippen LogP contribution is 2.08. The summed E-state index contributed by atoms with van der Waals surface area (Å²) in [5, 5.41) is 14.1. The van der Waals surface area contributed by atoms with Crippen LogP contribution >= 0.6 is 0 Å². The van der Waals surface area contributed by atoms with Gasteiger partial charge >= 0.3 is 0 Å². The number of hydrogen-bond acceptors (Lipinski definition) is 4. The molecule has 0 radical (unpaired) electrons. The maximum Gasteiger partial charge on any atom is 0.169 e. The Hall–Kier alpha value is -1.83. The van der Waals surface area contributed by atoms with Gasteiger partial charge in [0.1, 0.15) is 17.3 Å². The van der Waals surface area contributed by atoms with Crippen LogP contribution in [0.2, 0.25) is 0 Å². The van der Waals surface area contributed by atoms with E-state index < -0.39 is 0 Å². The van der Waals surface area contributed by atoms with Gasteiger partial charge in [-0.05, 0) is 0 Å². The third-order valence-corrected chi connectivity index (χ3v) is 1.05. The zero-order valence-corrected chi connectivity index (χ0v) is 4.96. The minimum atomic E-state index is 0.0598. The molecule has 3 N–H and O–H groups in total. The van der Waals surface area contributed by atoms with Crippen molar-refractivity contribution in [2.75, 3.05) is 5.73 Å². The van der Waals surface area contributed by atoms with E-state index in [1.165, 1.54) is 0 Å². The molecule has 0 aromatic carbocycles. The van der Waals surface area contributed by atoms with Crippen molar-refractivity contribution >= 4 is 12.1 Å². The number of H-pyrrole nitrogens is 1. The highest BCUT2D eigenvalue weighted by molar-refractivity contribution is 5.79. The number of nitriles is 1. The van der Waals surface area contributed by atoms with E-state index in [1.54, 1.807) is 6.07 Å². The summed E-state index contributed by atoms with van der Waals surface area (Å²) in [6.07, 6.45) is 0.502. The second kappa shape index (κ2) is 2.19. The zero-order valence-electron chi connectivity index (χ0n) is 4.96. The first kappa shape index (κ1) is 6.29. The van der Waals surface area contributed by atoms with E-state index in [4.69, 9.17) is 11.0 Å². The van der Waals surface area contributed by atoms with Crippen molar-refractivity contribution in [3.8, 4) is 6.07 Å². The predicted octanol–water partition coefficient (Wildman–Crippen LogP) is -0.324. The molecule has 0 aliphatic carbocycles. The van der Waals surface area contributed by atoms with Crippen molar-refractivity contribution in [2.45, 2.75) is 0 Å². The van der Waals surface area contributed by atoms with Crippen LogP contribution in [0.5, 0.6) is 0 Å². The van der Waals surface area contributed by atoms with E-state index in [2.05, 4.69) is 10.2 Å². The van der Waals surface area contributed by atoms with E-state index in [0.717, 1.165) is 0 Å². The van der Waals surface area contributed by atoms with Gasteiger partial charge in [-0.1, -0.05) is 0 Å². The number of nitrogen functional groups attached to an aromatic ring is 1. The fourth-order valence-corrected chi connectivity index (χ4v) is 0.573. The van der Waals surface area contributed by atoms with Crippen LogP contribution in [0, 0.1) is 11.3 Å². The van der Waals surface area contributed by atoms with Crippen molar-refractivity contribution in [3.63, 3.8) is 0 Å². The molecule has 5 nitrogen and oxygen atoms in total. The molecule has 0 spiro atoms. The number of nitrogens with one attached hydrogen (secondary N) is 1. The molecule has 0 amide bonds. The van der Waals surface area contributed by atoms with Crippen molar-refractivity contribution in [1.29, 1.82) is 5.26 Å².